The van der Waals surface area contributed by atoms with Gasteiger partial charge in [0.15, 0.2) is 0 Å². The molecule has 1 atom stereocenters. The number of nitrogens with zero attached hydrogens (tertiary/aromatic N) is 2. The Labute approximate surface area is 122 Å². The molecule has 4 nitrogen and oxygen atoms in total. The third-order valence-electron chi connectivity index (χ3n) is 2.39. The minimum atomic E-state index is -0.0250. The molecule has 6 heteroatoms. The lowest BCUT2D eigenvalue weighted by Crippen LogP contribution is -2.22. The molecule has 2 N–H and O–H groups in total. The van der Waals surface area contributed by atoms with E-state index >= 15 is 0 Å². The van der Waals surface area contributed by atoms with Crippen LogP contribution in [0.3, 0.4) is 0 Å². The quantitative estimate of drug-likeness (QED) is 0.868. The fourth-order valence-corrected chi connectivity index (χ4v) is 2.94. The van der Waals surface area contributed by atoms with E-state index in [0.29, 0.717) is 6.61 Å². The normalized spacial score (nSPS) is 13.9. The number of halogens is 1. The number of nitrogens with two attached hydrogens (primary N) is 1. The first-order valence-electron chi connectivity index (χ1n) is 5.95. The molecular formula is C12H22BrN3OS. The van der Waals surface area contributed by atoms with Crippen molar-refractivity contribution in [2.24, 2.45) is 5.73 Å². The first-order valence-corrected chi connectivity index (χ1v) is 7.72. The molecule has 104 valence electrons. The van der Waals surface area contributed by atoms with Crippen LogP contribution in [0.5, 0.6) is 0 Å². The molecule has 1 aromatic rings. The van der Waals surface area contributed by atoms with Crippen LogP contribution in [0.15, 0.2) is 10.7 Å². The molecule has 0 saturated heterocycles. The van der Waals surface area contributed by atoms with E-state index in [2.05, 4.69) is 41.8 Å². The maximum Gasteiger partial charge on any atom is 0.0702 e. The van der Waals surface area contributed by atoms with Gasteiger partial charge in [0.2, 0.25) is 0 Å². The molecule has 18 heavy (non-hydrogen) atoms. The summed E-state index contributed by atoms with van der Waals surface area (Å²) in [5, 5.41) is 4.32. The number of hydrogen-bond acceptors (Lipinski definition) is 4. The molecule has 0 aliphatic rings. The smallest absolute Gasteiger partial charge is 0.0702 e. The molecule has 0 fully saturated rings. The van der Waals surface area contributed by atoms with Gasteiger partial charge in [0.1, 0.15) is 0 Å². The Morgan fingerprint density at radius 3 is 2.78 bits per heavy atom. The van der Waals surface area contributed by atoms with Crippen LogP contribution in [0.4, 0.5) is 0 Å². The van der Waals surface area contributed by atoms with Crippen molar-refractivity contribution in [1.29, 1.82) is 0 Å². The summed E-state index contributed by atoms with van der Waals surface area (Å²) in [6.45, 7) is 7.95. The second kappa shape index (κ2) is 6.93. The second-order valence-corrected chi connectivity index (χ2v) is 7.82. The maximum absolute atomic E-state index is 6.27. The molecule has 0 spiro atoms. The largest absolute Gasteiger partial charge is 0.383 e. The molecule has 0 aromatic carbocycles. The van der Waals surface area contributed by atoms with E-state index in [1.54, 1.807) is 13.3 Å². The highest BCUT2D eigenvalue weighted by atomic mass is 79.9. The Bertz CT molecular complexity index is 376. The van der Waals surface area contributed by atoms with E-state index in [-0.39, 0.29) is 10.8 Å². The molecule has 1 aromatic heterocycles. The van der Waals surface area contributed by atoms with Gasteiger partial charge in [-0.1, -0.05) is 20.8 Å². The van der Waals surface area contributed by atoms with Crippen LogP contribution in [0.2, 0.25) is 0 Å². The first kappa shape index (κ1) is 16.0. The predicted molar refractivity (Wildman–Crippen MR) is 80.9 cm³/mol. The van der Waals surface area contributed by atoms with E-state index in [1.165, 1.54) is 0 Å². The molecule has 0 aliphatic carbocycles. The highest BCUT2D eigenvalue weighted by molar-refractivity contribution is 9.10. The van der Waals surface area contributed by atoms with Crippen LogP contribution >= 0.6 is 27.7 Å². The van der Waals surface area contributed by atoms with E-state index in [1.807, 2.05) is 16.4 Å². The van der Waals surface area contributed by atoms with Gasteiger partial charge in [0, 0.05) is 17.6 Å². The summed E-state index contributed by atoms with van der Waals surface area (Å²) < 4.78 is 8.20. The number of thioether (sulfide) groups is 1. The summed E-state index contributed by atoms with van der Waals surface area (Å²) in [6.07, 6.45) is 1.80. The lowest BCUT2D eigenvalue weighted by Gasteiger charge is -2.21. The Morgan fingerprint density at radius 1 is 1.56 bits per heavy atom. The Hall–Kier alpha value is -0.0400. The summed E-state index contributed by atoms with van der Waals surface area (Å²) in [5.74, 6) is 0.876. The molecule has 0 saturated carbocycles. The monoisotopic (exact) mass is 335 g/mol. The minimum absolute atomic E-state index is 0.0250. The Kier molecular flexibility index (Phi) is 6.17. The maximum atomic E-state index is 6.27. The van der Waals surface area contributed by atoms with Gasteiger partial charge in [-0.2, -0.15) is 16.9 Å². The molecular weight excluding hydrogens is 314 g/mol. The van der Waals surface area contributed by atoms with Crippen LogP contribution in [0.25, 0.3) is 0 Å². The average Bonchev–Trinajstić information content (AvgIpc) is 2.64. The standard InChI is InChI=1S/C12H22BrN3OS/c1-12(2,3)18-8-10(14)11-9(13)7-15-16(11)5-6-17-4/h7,10H,5-6,8,14H2,1-4H3. The van der Waals surface area contributed by atoms with Crippen LogP contribution in [0, 0.1) is 0 Å². The van der Waals surface area contributed by atoms with Crippen molar-refractivity contribution in [3.8, 4) is 0 Å². The van der Waals surface area contributed by atoms with Crippen LogP contribution in [0.1, 0.15) is 32.5 Å². The van der Waals surface area contributed by atoms with E-state index in [9.17, 15) is 0 Å². The summed E-state index contributed by atoms with van der Waals surface area (Å²) in [4.78, 5) is 0. The van der Waals surface area contributed by atoms with Crippen molar-refractivity contribution in [2.45, 2.75) is 38.1 Å². The van der Waals surface area contributed by atoms with Crippen LogP contribution in [-0.2, 0) is 11.3 Å². The minimum Gasteiger partial charge on any atom is -0.383 e. The zero-order valence-electron chi connectivity index (χ0n) is 11.4. The second-order valence-electron chi connectivity index (χ2n) is 5.12. The zero-order valence-corrected chi connectivity index (χ0v) is 13.8. The van der Waals surface area contributed by atoms with E-state index < -0.39 is 0 Å². The fourth-order valence-electron chi connectivity index (χ4n) is 1.52. The van der Waals surface area contributed by atoms with Gasteiger partial charge in [-0.25, -0.2) is 0 Å². The topological polar surface area (TPSA) is 53.1 Å². The molecule has 0 bridgehead atoms. The molecule has 0 aliphatic heterocycles. The zero-order chi connectivity index (χ0) is 13.8. The van der Waals surface area contributed by atoms with Gasteiger partial charge in [0.25, 0.3) is 0 Å². The van der Waals surface area contributed by atoms with E-state index in [0.717, 1.165) is 22.5 Å². The van der Waals surface area contributed by atoms with Crippen LogP contribution in [-0.4, -0.2) is 34.0 Å². The van der Waals surface area contributed by atoms with Crippen LogP contribution < -0.4 is 5.73 Å². The fraction of sp³-hybridized carbons (Fsp3) is 0.750. The molecule has 0 radical (unpaired) electrons. The summed E-state index contributed by atoms with van der Waals surface area (Å²) >= 11 is 5.38. The SMILES string of the molecule is COCCn1ncc(Br)c1C(N)CSC(C)(C)C. The van der Waals surface area contributed by atoms with Gasteiger partial charge >= 0.3 is 0 Å². The predicted octanol–water partition coefficient (Wildman–Crippen LogP) is 2.82. The van der Waals surface area contributed by atoms with Crippen molar-refractivity contribution >= 4 is 27.7 Å². The molecule has 1 heterocycles. The molecule has 0 amide bonds. The van der Waals surface area contributed by atoms with Gasteiger partial charge < -0.3 is 10.5 Å². The van der Waals surface area contributed by atoms with Gasteiger partial charge in [-0.15, -0.1) is 0 Å². The van der Waals surface area contributed by atoms with Crippen molar-refractivity contribution in [3.63, 3.8) is 0 Å². The Balaban J connectivity index is 2.71. The highest BCUT2D eigenvalue weighted by Gasteiger charge is 2.19. The molecule has 1 rings (SSSR count). The number of methoxy groups -OCH3 is 1. The van der Waals surface area contributed by atoms with Crippen molar-refractivity contribution in [2.75, 3.05) is 19.5 Å². The third-order valence-corrected chi connectivity index (χ3v) is 4.39. The van der Waals surface area contributed by atoms with Gasteiger partial charge in [-0.05, 0) is 15.9 Å². The number of rotatable bonds is 6. The Morgan fingerprint density at radius 2 is 2.22 bits per heavy atom. The summed E-state index contributed by atoms with van der Waals surface area (Å²) in [6, 6.07) is -0.0250. The average molecular weight is 336 g/mol. The highest BCUT2D eigenvalue weighted by Crippen LogP contribution is 2.30. The van der Waals surface area contributed by atoms with Crippen molar-refractivity contribution < 1.29 is 4.74 Å². The van der Waals surface area contributed by atoms with Gasteiger partial charge in [0.05, 0.1) is 35.6 Å². The van der Waals surface area contributed by atoms with Gasteiger partial charge in [-0.3, -0.25) is 4.68 Å². The van der Waals surface area contributed by atoms with Crippen molar-refractivity contribution in [3.05, 3.63) is 16.4 Å². The summed E-state index contributed by atoms with van der Waals surface area (Å²) in [7, 11) is 1.69. The summed E-state index contributed by atoms with van der Waals surface area (Å²) in [5.41, 5.74) is 7.31. The molecule has 1 unspecified atom stereocenters. The number of ether oxygens (including phenoxy) is 1. The van der Waals surface area contributed by atoms with E-state index in [4.69, 9.17) is 10.5 Å². The number of aromatic nitrogens is 2. The lowest BCUT2D eigenvalue weighted by atomic mass is 10.2. The first-order chi connectivity index (χ1) is 8.35. The van der Waals surface area contributed by atoms with Crippen molar-refractivity contribution in [1.82, 2.24) is 9.78 Å². The lowest BCUT2D eigenvalue weighted by molar-refractivity contribution is 0.182. The number of hydrogen-bond donors (Lipinski definition) is 1. The third kappa shape index (κ3) is 4.91.